The van der Waals surface area contributed by atoms with Gasteiger partial charge in [0.2, 0.25) is 21.8 Å². The van der Waals surface area contributed by atoms with Crippen LogP contribution < -0.4 is 15.8 Å². The van der Waals surface area contributed by atoms with Crippen LogP contribution in [0, 0.1) is 0 Å². The quantitative estimate of drug-likeness (QED) is 0.540. The van der Waals surface area contributed by atoms with Crippen molar-refractivity contribution in [1.82, 2.24) is 4.90 Å². The van der Waals surface area contributed by atoms with Crippen molar-refractivity contribution in [3.8, 4) is 0 Å². The molecule has 8 nitrogen and oxygen atoms in total. The van der Waals surface area contributed by atoms with E-state index in [0.717, 1.165) is 6.42 Å². The Kier molecular flexibility index (Phi) is 8.36. The molecule has 0 saturated carbocycles. The van der Waals surface area contributed by atoms with Crippen LogP contribution in [0.2, 0.25) is 5.02 Å². The number of rotatable bonds is 9. The molecule has 0 aliphatic heterocycles. The molecule has 2 aromatic rings. The fourth-order valence-corrected chi connectivity index (χ4v) is 3.49. The average molecular weight is 453 g/mol. The zero-order chi connectivity index (χ0) is 22.3. The summed E-state index contributed by atoms with van der Waals surface area (Å²) >= 11 is 5.95. The highest BCUT2D eigenvalue weighted by Crippen LogP contribution is 2.16. The number of amides is 2. The summed E-state index contributed by atoms with van der Waals surface area (Å²) < 4.78 is 22.6. The van der Waals surface area contributed by atoms with Crippen LogP contribution in [0.15, 0.2) is 53.4 Å². The van der Waals surface area contributed by atoms with Gasteiger partial charge in [-0.2, -0.15) is 0 Å². The molecule has 10 heteroatoms. The Morgan fingerprint density at radius 3 is 2.33 bits per heavy atom. The van der Waals surface area contributed by atoms with E-state index in [0.29, 0.717) is 22.9 Å². The van der Waals surface area contributed by atoms with Gasteiger partial charge in [0.05, 0.1) is 17.5 Å². The lowest BCUT2D eigenvalue weighted by atomic mass is 10.2. The van der Waals surface area contributed by atoms with Crippen LogP contribution in [0.25, 0.3) is 0 Å². The van der Waals surface area contributed by atoms with Crippen LogP contribution in [-0.2, 0) is 19.6 Å². The summed E-state index contributed by atoms with van der Waals surface area (Å²) in [5.41, 5.74) is 1.01. The Morgan fingerprint density at radius 2 is 1.77 bits per heavy atom. The van der Waals surface area contributed by atoms with Crippen molar-refractivity contribution in [1.29, 1.82) is 0 Å². The number of anilines is 2. The number of hydrogen-bond donors (Lipinski definition) is 3. The maximum atomic E-state index is 12.6. The minimum absolute atomic E-state index is 0.00505. The number of primary sulfonamides is 1. The van der Waals surface area contributed by atoms with E-state index in [1.807, 2.05) is 6.92 Å². The maximum absolute atomic E-state index is 12.6. The summed E-state index contributed by atoms with van der Waals surface area (Å²) in [4.78, 5) is 26.8. The Labute approximate surface area is 181 Å². The third-order valence-corrected chi connectivity index (χ3v) is 5.51. The molecule has 0 saturated heterocycles. The molecule has 162 valence electrons. The van der Waals surface area contributed by atoms with Gasteiger partial charge in [0, 0.05) is 16.4 Å². The maximum Gasteiger partial charge on any atom is 0.241 e. The van der Waals surface area contributed by atoms with Crippen molar-refractivity contribution in [3.63, 3.8) is 0 Å². The lowest BCUT2D eigenvalue weighted by Crippen LogP contribution is -2.46. The van der Waals surface area contributed by atoms with Gasteiger partial charge in [-0.25, -0.2) is 13.6 Å². The van der Waals surface area contributed by atoms with Gasteiger partial charge in [0.25, 0.3) is 0 Å². The molecule has 2 amide bonds. The number of carbonyl (C=O) groups excluding carboxylic acids is 2. The van der Waals surface area contributed by atoms with Crippen molar-refractivity contribution in [3.05, 3.63) is 53.6 Å². The molecule has 0 heterocycles. The van der Waals surface area contributed by atoms with Gasteiger partial charge in [0.15, 0.2) is 0 Å². The third-order valence-electron chi connectivity index (χ3n) is 4.34. The second-order valence-corrected chi connectivity index (χ2v) is 8.76. The number of nitrogens with zero attached hydrogens (tertiary/aromatic N) is 1. The molecule has 1 atom stereocenters. The summed E-state index contributed by atoms with van der Waals surface area (Å²) in [6.45, 7) is 4.22. The van der Waals surface area contributed by atoms with Crippen LogP contribution in [-0.4, -0.2) is 44.3 Å². The molecule has 0 aliphatic carbocycles. The molecule has 2 rings (SSSR count). The SMILES string of the molecule is CCCN(CC(=O)Nc1ccc(S(N)(=O)=O)cc1)[C@H](C)C(=O)Nc1cccc(Cl)c1. The van der Waals surface area contributed by atoms with E-state index in [1.54, 1.807) is 36.1 Å². The fraction of sp³-hybridized carbons (Fsp3) is 0.300. The summed E-state index contributed by atoms with van der Waals surface area (Å²) in [5.74, 6) is -0.578. The Bertz CT molecular complexity index is 996. The number of hydrogen-bond acceptors (Lipinski definition) is 5. The molecular formula is C20H25ClN4O4S. The number of nitrogens with two attached hydrogens (primary N) is 1. The van der Waals surface area contributed by atoms with Gasteiger partial charge >= 0.3 is 0 Å². The highest BCUT2D eigenvalue weighted by Gasteiger charge is 2.23. The summed E-state index contributed by atoms with van der Waals surface area (Å²) in [7, 11) is -3.80. The van der Waals surface area contributed by atoms with Gasteiger partial charge in [-0.05, 0) is 62.4 Å². The van der Waals surface area contributed by atoms with Gasteiger partial charge < -0.3 is 10.6 Å². The summed E-state index contributed by atoms with van der Waals surface area (Å²) in [6.07, 6.45) is 0.755. The predicted molar refractivity (Wildman–Crippen MR) is 118 cm³/mol. The van der Waals surface area contributed by atoms with E-state index in [1.165, 1.54) is 24.3 Å². The Balaban J connectivity index is 2.01. The van der Waals surface area contributed by atoms with E-state index < -0.39 is 16.1 Å². The van der Waals surface area contributed by atoms with E-state index in [4.69, 9.17) is 16.7 Å². The first-order chi connectivity index (χ1) is 14.1. The van der Waals surface area contributed by atoms with Crippen molar-refractivity contribution in [2.24, 2.45) is 5.14 Å². The van der Waals surface area contributed by atoms with E-state index in [-0.39, 0.29) is 23.3 Å². The first-order valence-corrected chi connectivity index (χ1v) is 11.3. The zero-order valence-corrected chi connectivity index (χ0v) is 18.3. The number of benzene rings is 2. The van der Waals surface area contributed by atoms with Gasteiger partial charge in [-0.15, -0.1) is 0 Å². The number of carbonyl (C=O) groups is 2. The Hall–Kier alpha value is -2.46. The molecular weight excluding hydrogens is 428 g/mol. The molecule has 0 bridgehead atoms. The lowest BCUT2D eigenvalue weighted by Gasteiger charge is -2.27. The molecule has 0 fully saturated rings. The van der Waals surface area contributed by atoms with Crippen LogP contribution >= 0.6 is 11.6 Å². The molecule has 0 radical (unpaired) electrons. The van der Waals surface area contributed by atoms with E-state index >= 15 is 0 Å². The molecule has 2 aromatic carbocycles. The normalized spacial score (nSPS) is 12.4. The molecule has 4 N–H and O–H groups in total. The minimum atomic E-state index is -3.80. The third kappa shape index (κ3) is 7.10. The molecule has 0 aromatic heterocycles. The highest BCUT2D eigenvalue weighted by atomic mass is 35.5. The van der Waals surface area contributed by atoms with Crippen LogP contribution in [0.3, 0.4) is 0 Å². The average Bonchev–Trinajstić information content (AvgIpc) is 2.66. The number of halogens is 1. The van der Waals surface area contributed by atoms with Crippen LogP contribution in [0.5, 0.6) is 0 Å². The van der Waals surface area contributed by atoms with Gasteiger partial charge in [-0.1, -0.05) is 24.6 Å². The van der Waals surface area contributed by atoms with Crippen LogP contribution in [0.1, 0.15) is 20.3 Å². The fourth-order valence-electron chi connectivity index (χ4n) is 2.79. The largest absolute Gasteiger partial charge is 0.325 e. The van der Waals surface area contributed by atoms with Crippen molar-refractivity contribution in [2.45, 2.75) is 31.2 Å². The second-order valence-electron chi connectivity index (χ2n) is 6.76. The Morgan fingerprint density at radius 1 is 1.10 bits per heavy atom. The van der Waals surface area contributed by atoms with Gasteiger partial charge in [0.1, 0.15) is 0 Å². The molecule has 0 aliphatic rings. The van der Waals surface area contributed by atoms with E-state index in [2.05, 4.69) is 10.6 Å². The first kappa shape index (κ1) is 23.8. The standard InChI is InChI=1S/C20H25ClN4O4S/c1-3-11-25(14(2)20(27)24-17-6-4-5-15(21)12-17)13-19(26)23-16-7-9-18(10-8-16)30(22,28)29/h4-10,12,14H,3,11,13H2,1-2H3,(H,23,26)(H,24,27)(H2,22,28,29)/t14-/m1/s1. The zero-order valence-electron chi connectivity index (χ0n) is 16.8. The number of sulfonamides is 1. The smallest absolute Gasteiger partial charge is 0.241 e. The lowest BCUT2D eigenvalue weighted by molar-refractivity contribution is -0.123. The topological polar surface area (TPSA) is 122 Å². The molecule has 0 spiro atoms. The van der Waals surface area contributed by atoms with Crippen molar-refractivity contribution < 1.29 is 18.0 Å². The van der Waals surface area contributed by atoms with Gasteiger partial charge in [-0.3, -0.25) is 14.5 Å². The number of nitrogens with one attached hydrogen (secondary N) is 2. The van der Waals surface area contributed by atoms with Crippen molar-refractivity contribution in [2.75, 3.05) is 23.7 Å². The second kappa shape index (κ2) is 10.5. The summed E-state index contributed by atoms with van der Waals surface area (Å²) in [6, 6.07) is 11.8. The van der Waals surface area contributed by atoms with Crippen molar-refractivity contribution >= 4 is 44.8 Å². The molecule has 0 unspecified atom stereocenters. The monoisotopic (exact) mass is 452 g/mol. The van der Waals surface area contributed by atoms with Crippen LogP contribution in [0.4, 0.5) is 11.4 Å². The van der Waals surface area contributed by atoms with E-state index in [9.17, 15) is 18.0 Å². The minimum Gasteiger partial charge on any atom is -0.325 e. The predicted octanol–water partition coefficient (Wildman–Crippen LogP) is 2.67. The highest BCUT2D eigenvalue weighted by molar-refractivity contribution is 7.89. The first-order valence-electron chi connectivity index (χ1n) is 9.33. The molecule has 30 heavy (non-hydrogen) atoms. The summed E-state index contributed by atoms with van der Waals surface area (Å²) in [5, 5.41) is 11.1.